The van der Waals surface area contributed by atoms with Crippen LogP contribution >= 0.6 is 11.3 Å². The Morgan fingerprint density at radius 2 is 1.56 bits per heavy atom. The van der Waals surface area contributed by atoms with E-state index < -0.39 is 0 Å². The maximum atomic E-state index is 12.2. The second-order valence-electron chi connectivity index (χ2n) is 6.51. The van der Waals surface area contributed by atoms with Crippen LogP contribution in [0.1, 0.15) is 6.42 Å². The summed E-state index contributed by atoms with van der Waals surface area (Å²) in [6.07, 6.45) is 1.02. The van der Waals surface area contributed by atoms with E-state index in [1.54, 1.807) is 0 Å². The van der Waals surface area contributed by atoms with Gasteiger partial charge >= 0.3 is 4.87 Å². The fourth-order valence-electron chi connectivity index (χ4n) is 3.55. The second kappa shape index (κ2) is 7.42. The summed E-state index contributed by atoms with van der Waals surface area (Å²) in [5.74, 6) is 0. The van der Waals surface area contributed by atoms with E-state index in [-0.39, 0.29) is 4.87 Å². The monoisotopic (exact) mass is 353 g/mol. The van der Waals surface area contributed by atoms with Gasteiger partial charge in [0.2, 0.25) is 0 Å². The van der Waals surface area contributed by atoms with Gasteiger partial charge in [0.05, 0.1) is 10.2 Å². The van der Waals surface area contributed by atoms with Crippen LogP contribution in [0.4, 0.5) is 5.69 Å². The molecule has 1 fully saturated rings. The maximum absolute atomic E-state index is 12.2. The SMILES string of the molecule is O=c1sc2ccccc2n1CCCN1CCN(c2ccccc2)CC1. The molecule has 1 saturated heterocycles. The van der Waals surface area contributed by atoms with Crippen LogP contribution in [0.25, 0.3) is 10.2 Å². The van der Waals surface area contributed by atoms with Gasteiger partial charge in [0.25, 0.3) is 0 Å². The first-order valence-electron chi connectivity index (χ1n) is 8.92. The number of anilines is 1. The Kier molecular flexibility index (Phi) is 4.85. The average Bonchev–Trinajstić information content (AvgIpc) is 2.99. The average molecular weight is 353 g/mol. The minimum absolute atomic E-state index is 0.162. The van der Waals surface area contributed by atoms with Crippen LogP contribution in [0.2, 0.25) is 0 Å². The number of thiazole rings is 1. The highest BCUT2D eigenvalue weighted by atomic mass is 32.1. The molecule has 1 aliphatic heterocycles. The van der Waals surface area contributed by atoms with E-state index in [0.717, 1.165) is 55.9 Å². The lowest BCUT2D eigenvalue weighted by Crippen LogP contribution is -2.46. The van der Waals surface area contributed by atoms with E-state index in [9.17, 15) is 4.79 Å². The first-order chi connectivity index (χ1) is 12.3. The Hall–Kier alpha value is -2.11. The van der Waals surface area contributed by atoms with E-state index in [2.05, 4.69) is 40.1 Å². The minimum atomic E-state index is 0.162. The third-order valence-corrected chi connectivity index (χ3v) is 5.88. The van der Waals surface area contributed by atoms with Gasteiger partial charge in [-0.2, -0.15) is 0 Å². The molecule has 25 heavy (non-hydrogen) atoms. The van der Waals surface area contributed by atoms with Crippen molar-refractivity contribution in [3.05, 3.63) is 64.3 Å². The molecule has 1 aliphatic rings. The predicted octanol–water partition coefficient (Wildman–Crippen LogP) is 3.28. The Morgan fingerprint density at radius 1 is 0.840 bits per heavy atom. The van der Waals surface area contributed by atoms with Gasteiger partial charge in [0, 0.05) is 38.4 Å². The number of para-hydroxylation sites is 2. The quantitative estimate of drug-likeness (QED) is 0.705. The number of benzene rings is 2. The zero-order chi connectivity index (χ0) is 17.1. The van der Waals surface area contributed by atoms with Gasteiger partial charge in [0.15, 0.2) is 0 Å². The Balaban J connectivity index is 1.30. The van der Waals surface area contributed by atoms with E-state index in [1.165, 1.54) is 17.0 Å². The van der Waals surface area contributed by atoms with Crippen LogP contribution in [-0.4, -0.2) is 42.2 Å². The third-order valence-electron chi connectivity index (χ3n) is 4.92. The fourth-order valence-corrected chi connectivity index (χ4v) is 4.46. The van der Waals surface area contributed by atoms with Gasteiger partial charge in [0.1, 0.15) is 0 Å². The molecule has 3 aromatic rings. The van der Waals surface area contributed by atoms with Crippen LogP contribution < -0.4 is 9.77 Å². The first kappa shape index (κ1) is 16.4. The number of rotatable bonds is 5. The number of aromatic nitrogens is 1. The summed E-state index contributed by atoms with van der Waals surface area (Å²) in [4.78, 5) is 17.3. The number of fused-ring (bicyclic) bond motifs is 1. The van der Waals surface area contributed by atoms with Crippen molar-refractivity contribution in [2.45, 2.75) is 13.0 Å². The molecule has 0 spiro atoms. The van der Waals surface area contributed by atoms with Crippen molar-refractivity contribution in [2.75, 3.05) is 37.6 Å². The molecule has 0 unspecified atom stereocenters. The second-order valence-corrected chi connectivity index (χ2v) is 7.50. The van der Waals surface area contributed by atoms with Crippen molar-refractivity contribution in [3.8, 4) is 0 Å². The highest BCUT2D eigenvalue weighted by Crippen LogP contribution is 2.18. The van der Waals surface area contributed by atoms with Crippen molar-refractivity contribution in [1.82, 2.24) is 9.47 Å². The van der Waals surface area contributed by atoms with Gasteiger partial charge in [-0.1, -0.05) is 41.7 Å². The van der Waals surface area contributed by atoms with Gasteiger partial charge in [-0.3, -0.25) is 14.3 Å². The van der Waals surface area contributed by atoms with E-state index in [1.807, 2.05) is 28.8 Å². The van der Waals surface area contributed by atoms with E-state index >= 15 is 0 Å². The first-order valence-corrected chi connectivity index (χ1v) is 9.74. The van der Waals surface area contributed by atoms with Crippen LogP contribution in [-0.2, 0) is 6.54 Å². The van der Waals surface area contributed by atoms with Gasteiger partial charge in [-0.05, 0) is 37.2 Å². The molecule has 0 atom stereocenters. The number of aryl methyl sites for hydroxylation is 1. The van der Waals surface area contributed by atoms with Crippen molar-refractivity contribution < 1.29 is 0 Å². The minimum Gasteiger partial charge on any atom is -0.369 e. The van der Waals surface area contributed by atoms with Crippen LogP contribution in [0.3, 0.4) is 0 Å². The predicted molar refractivity (Wildman–Crippen MR) is 106 cm³/mol. The normalized spacial score (nSPS) is 15.8. The van der Waals surface area contributed by atoms with Crippen LogP contribution in [0, 0.1) is 0 Å². The summed E-state index contributed by atoms with van der Waals surface area (Å²) < 4.78 is 3.02. The molecule has 0 amide bonds. The zero-order valence-corrected chi connectivity index (χ0v) is 15.1. The molecule has 0 aliphatic carbocycles. The topological polar surface area (TPSA) is 28.5 Å². The zero-order valence-electron chi connectivity index (χ0n) is 14.3. The van der Waals surface area contributed by atoms with Gasteiger partial charge in [-0.15, -0.1) is 0 Å². The van der Waals surface area contributed by atoms with Crippen molar-refractivity contribution in [1.29, 1.82) is 0 Å². The molecule has 0 saturated carbocycles. The highest BCUT2D eigenvalue weighted by molar-refractivity contribution is 7.16. The summed E-state index contributed by atoms with van der Waals surface area (Å²) in [6.45, 7) is 6.19. The fraction of sp³-hybridized carbons (Fsp3) is 0.350. The van der Waals surface area contributed by atoms with Gasteiger partial charge < -0.3 is 4.90 Å². The van der Waals surface area contributed by atoms with Crippen molar-refractivity contribution in [3.63, 3.8) is 0 Å². The summed E-state index contributed by atoms with van der Waals surface area (Å²) in [6, 6.07) is 18.7. The molecule has 0 N–H and O–H groups in total. The molecule has 0 bridgehead atoms. The lowest BCUT2D eigenvalue weighted by atomic mass is 10.2. The third kappa shape index (κ3) is 3.62. The largest absolute Gasteiger partial charge is 0.369 e. The van der Waals surface area contributed by atoms with Crippen LogP contribution in [0.5, 0.6) is 0 Å². The molecule has 2 heterocycles. The number of hydrogen-bond acceptors (Lipinski definition) is 4. The molecule has 2 aromatic carbocycles. The molecule has 4 rings (SSSR count). The Morgan fingerprint density at radius 3 is 2.36 bits per heavy atom. The molecule has 0 radical (unpaired) electrons. The Labute approximate surface area is 151 Å². The maximum Gasteiger partial charge on any atom is 0.308 e. The van der Waals surface area contributed by atoms with E-state index in [0.29, 0.717) is 0 Å². The Bertz CT molecular complexity index is 879. The van der Waals surface area contributed by atoms with Crippen LogP contribution in [0.15, 0.2) is 59.4 Å². The number of piperazine rings is 1. The van der Waals surface area contributed by atoms with Gasteiger partial charge in [-0.25, -0.2) is 0 Å². The van der Waals surface area contributed by atoms with Crippen molar-refractivity contribution >= 4 is 27.2 Å². The molecular formula is C20H23N3OS. The highest BCUT2D eigenvalue weighted by Gasteiger charge is 2.16. The number of hydrogen-bond donors (Lipinski definition) is 0. The lowest BCUT2D eigenvalue weighted by molar-refractivity contribution is 0.250. The smallest absolute Gasteiger partial charge is 0.308 e. The lowest BCUT2D eigenvalue weighted by Gasteiger charge is -2.36. The molecule has 4 nitrogen and oxygen atoms in total. The molecular weight excluding hydrogens is 330 g/mol. The molecule has 1 aromatic heterocycles. The number of nitrogens with zero attached hydrogens (tertiary/aromatic N) is 3. The standard InChI is InChI=1S/C20H23N3OS/c24-20-23(18-9-4-5-10-19(18)25-20)12-6-11-21-13-15-22(16-14-21)17-7-2-1-3-8-17/h1-5,7-10H,6,11-16H2. The van der Waals surface area contributed by atoms with Crippen molar-refractivity contribution in [2.24, 2.45) is 0 Å². The summed E-state index contributed by atoms with van der Waals surface area (Å²) in [7, 11) is 0. The summed E-state index contributed by atoms with van der Waals surface area (Å²) in [5.41, 5.74) is 2.39. The molecule has 130 valence electrons. The summed E-state index contributed by atoms with van der Waals surface area (Å²) in [5, 5.41) is 0. The van der Waals surface area contributed by atoms with E-state index in [4.69, 9.17) is 0 Å². The summed E-state index contributed by atoms with van der Waals surface area (Å²) >= 11 is 1.35. The molecule has 5 heteroatoms.